The first-order valence-electron chi connectivity index (χ1n) is 8.32. The van der Waals surface area contributed by atoms with Crippen molar-refractivity contribution >= 4 is 17.7 Å². The van der Waals surface area contributed by atoms with Crippen molar-refractivity contribution in [1.29, 1.82) is 0 Å². The molecule has 3 fully saturated rings. The summed E-state index contributed by atoms with van der Waals surface area (Å²) >= 11 is 2.01. The van der Waals surface area contributed by atoms with Crippen molar-refractivity contribution in [1.82, 2.24) is 9.80 Å². The third-order valence-corrected chi connectivity index (χ3v) is 6.49. The fourth-order valence-electron chi connectivity index (χ4n) is 4.43. The van der Waals surface area contributed by atoms with Gasteiger partial charge >= 0.3 is 0 Å². The zero-order chi connectivity index (χ0) is 14.1. The first-order valence-corrected chi connectivity index (χ1v) is 9.48. The van der Waals surface area contributed by atoms with Crippen LogP contribution in [-0.4, -0.2) is 58.4 Å². The van der Waals surface area contributed by atoms with Crippen molar-refractivity contribution in [2.75, 3.05) is 24.6 Å². The van der Waals surface area contributed by atoms with E-state index in [2.05, 4.69) is 23.6 Å². The van der Waals surface area contributed by atoms with Gasteiger partial charge in [0.2, 0.25) is 5.91 Å². The zero-order valence-corrected chi connectivity index (χ0v) is 13.7. The minimum absolute atomic E-state index is 0.0824. The summed E-state index contributed by atoms with van der Waals surface area (Å²) in [5.74, 6) is 3.55. The Hall–Kier alpha value is -0.220. The molecule has 3 aliphatic rings. The smallest absolute Gasteiger partial charge is 0.240 e. The lowest BCUT2D eigenvalue weighted by Crippen LogP contribution is -2.53. The van der Waals surface area contributed by atoms with Crippen LogP contribution in [0.15, 0.2) is 0 Å². The van der Waals surface area contributed by atoms with Crippen LogP contribution >= 0.6 is 11.8 Å². The number of fused-ring (bicyclic) bond motifs is 1. The molecular formula is C16H28N2OS. The molecule has 0 bridgehead atoms. The van der Waals surface area contributed by atoms with E-state index in [-0.39, 0.29) is 6.04 Å². The summed E-state index contributed by atoms with van der Waals surface area (Å²) in [4.78, 5) is 17.7. The third-order valence-electron chi connectivity index (χ3n) is 5.55. The summed E-state index contributed by atoms with van der Waals surface area (Å²) < 4.78 is 0. The fourth-order valence-corrected chi connectivity index (χ4v) is 5.36. The molecule has 2 aliphatic heterocycles. The maximum Gasteiger partial charge on any atom is 0.240 e. The molecule has 0 unspecified atom stereocenters. The molecule has 1 aliphatic carbocycles. The lowest BCUT2D eigenvalue weighted by molar-refractivity contribution is -0.139. The Bertz CT molecular complexity index is 356. The Kier molecular flexibility index (Phi) is 4.61. The number of hydrogen-bond donors (Lipinski definition) is 0. The van der Waals surface area contributed by atoms with Gasteiger partial charge in [0.25, 0.3) is 0 Å². The van der Waals surface area contributed by atoms with Crippen molar-refractivity contribution in [2.24, 2.45) is 5.92 Å². The monoisotopic (exact) mass is 296 g/mol. The average Bonchev–Trinajstić information content (AvgIpc) is 2.82. The lowest BCUT2D eigenvalue weighted by Gasteiger charge is -2.38. The third kappa shape index (κ3) is 2.74. The number of hydrogen-bond acceptors (Lipinski definition) is 3. The highest BCUT2D eigenvalue weighted by Crippen LogP contribution is 2.40. The van der Waals surface area contributed by atoms with Gasteiger partial charge in [-0.2, -0.15) is 11.8 Å². The van der Waals surface area contributed by atoms with Crippen molar-refractivity contribution in [3.8, 4) is 0 Å². The maximum absolute atomic E-state index is 13.0. The number of carbonyl (C=O) groups is 1. The Morgan fingerprint density at radius 1 is 1.20 bits per heavy atom. The van der Waals surface area contributed by atoms with Crippen LogP contribution in [0.2, 0.25) is 0 Å². The van der Waals surface area contributed by atoms with Crippen LogP contribution in [-0.2, 0) is 4.79 Å². The second-order valence-corrected chi connectivity index (χ2v) is 7.99. The van der Waals surface area contributed by atoms with Gasteiger partial charge in [-0.15, -0.1) is 0 Å². The quantitative estimate of drug-likeness (QED) is 0.782. The van der Waals surface area contributed by atoms with Crippen molar-refractivity contribution in [3.05, 3.63) is 0 Å². The van der Waals surface area contributed by atoms with Crippen molar-refractivity contribution in [2.45, 2.75) is 64.1 Å². The topological polar surface area (TPSA) is 23.6 Å². The Morgan fingerprint density at radius 3 is 2.65 bits per heavy atom. The fraction of sp³-hybridized carbons (Fsp3) is 0.938. The minimum Gasteiger partial charge on any atom is -0.335 e. The van der Waals surface area contributed by atoms with Gasteiger partial charge in [0.15, 0.2) is 0 Å². The van der Waals surface area contributed by atoms with E-state index in [0.717, 1.165) is 19.0 Å². The van der Waals surface area contributed by atoms with Crippen LogP contribution in [0.4, 0.5) is 0 Å². The van der Waals surface area contributed by atoms with Crippen LogP contribution in [0.5, 0.6) is 0 Å². The highest BCUT2D eigenvalue weighted by molar-refractivity contribution is 7.99. The van der Waals surface area contributed by atoms with Gasteiger partial charge in [-0.05, 0) is 39.0 Å². The number of amides is 1. The minimum atomic E-state index is 0.0824. The van der Waals surface area contributed by atoms with Gasteiger partial charge in [-0.3, -0.25) is 9.69 Å². The summed E-state index contributed by atoms with van der Waals surface area (Å²) in [7, 11) is 0. The van der Waals surface area contributed by atoms with Gasteiger partial charge in [0.05, 0.1) is 6.04 Å². The van der Waals surface area contributed by atoms with Gasteiger partial charge in [0, 0.05) is 36.7 Å². The molecule has 1 saturated carbocycles. The summed E-state index contributed by atoms with van der Waals surface area (Å²) in [6, 6.07) is 1.09. The van der Waals surface area contributed by atoms with Crippen molar-refractivity contribution < 1.29 is 4.79 Å². The van der Waals surface area contributed by atoms with E-state index < -0.39 is 0 Å². The highest BCUT2D eigenvalue weighted by Gasteiger charge is 2.44. The summed E-state index contributed by atoms with van der Waals surface area (Å²) in [5, 5.41) is 0. The molecule has 0 aromatic carbocycles. The molecule has 114 valence electrons. The number of rotatable bonds is 2. The molecule has 0 N–H and O–H groups in total. The summed E-state index contributed by atoms with van der Waals surface area (Å²) in [6.07, 6.45) is 6.50. The standard InChI is InChI=1S/C16H28N2OS/c1-12-11-14-5-3-4-6-15(14)18(12)16(19)13(2)17-7-9-20-10-8-17/h12-15H,3-11H2,1-2H3/t12-,13-,14+,15-/m1/s1. The summed E-state index contributed by atoms with van der Waals surface area (Å²) in [5.41, 5.74) is 0. The molecule has 3 nitrogen and oxygen atoms in total. The SMILES string of the molecule is C[C@H](C(=O)N1[C@H](C)C[C@@H]2CCCC[C@H]21)N1CCSCC1. The first kappa shape index (κ1) is 14.7. The van der Waals surface area contributed by atoms with Crippen LogP contribution in [0, 0.1) is 5.92 Å². The molecule has 20 heavy (non-hydrogen) atoms. The predicted octanol–water partition coefficient (Wildman–Crippen LogP) is 2.60. The number of likely N-dealkylation sites (tertiary alicyclic amines) is 1. The van der Waals surface area contributed by atoms with Crippen LogP contribution in [0.3, 0.4) is 0 Å². The molecule has 4 heteroatoms. The molecule has 0 aromatic heterocycles. The normalized spacial score (nSPS) is 36.7. The van der Waals surface area contributed by atoms with Crippen LogP contribution in [0.25, 0.3) is 0 Å². The number of thioether (sulfide) groups is 1. The molecular weight excluding hydrogens is 268 g/mol. The lowest BCUT2D eigenvalue weighted by atomic mass is 9.85. The molecule has 3 rings (SSSR count). The molecule has 0 spiro atoms. The Balaban J connectivity index is 1.68. The first-order chi connectivity index (χ1) is 9.68. The molecule has 0 radical (unpaired) electrons. The summed E-state index contributed by atoms with van der Waals surface area (Å²) in [6.45, 7) is 6.54. The van der Waals surface area contributed by atoms with E-state index in [0.29, 0.717) is 18.0 Å². The Labute approximate surface area is 127 Å². The van der Waals surface area contributed by atoms with E-state index in [4.69, 9.17) is 0 Å². The highest BCUT2D eigenvalue weighted by atomic mass is 32.2. The van der Waals surface area contributed by atoms with Gasteiger partial charge in [0.1, 0.15) is 0 Å². The zero-order valence-electron chi connectivity index (χ0n) is 12.9. The van der Waals surface area contributed by atoms with E-state index in [1.807, 2.05) is 11.8 Å². The molecule has 4 atom stereocenters. The average molecular weight is 296 g/mol. The molecule has 0 aromatic rings. The van der Waals surface area contributed by atoms with Gasteiger partial charge < -0.3 is 4.90 Å². The molecule has 2 heterocycles. The second kappa shape index (κ2) is 6.27. The largest absolute Gasteiger partial charge is 0.335 e. The number of carbonyl (C=O) groups excluding carboxylic acids is 1. The Morgan fingerprint density at radius 2 is 1.90 bits per heavy atom. The van der Waals surface area contributed by atoms with E-state index >= 15 is 0 Å². The van der Waals surface area contributed by atoms with Crippen LogP contribution < -0.4 is 0 Å². The van der Waals surface area contributed by atoms with E-state index in [1.54, 1.807) is 0 Å². The van der Waals surface area contributed by atoms with Gasteiger partial charge in [-0.25, -0.2) is 0 Å². The van der Waals surface area contributed by atoms with E-state index in [9.17, 15) is 4.79 Å². The second-order valence-electron chi connectivity index (χ2n) is 6.77. The molecule has 1 amide bonds. The van der Waals surface area contributed by atoms with E-state index in [1.165, 1.54) is 43.6 Å². The maximum atomic E-state index is 13.0. The van der Waals surface area contributed by atoms with Gasteiger partial charge in [-0.1, -0.05) is 12.8 Å². The van der Waals surface area contributed by atoms with Crippen molar-refractivity contribution in [3.63, 3.8) is 0 Å². The molecule has 2 saturated heterocycles. The predicted molar refractivity (Wildman–Crippen MR) is 85.0 cm³/mol. The number of nitrogens with zero attached hydrogens (tertiary/aromatic N) is 2. The van der Waals surface area contributed by atoms with Crippen LogP contribution in [0.1, 0.15) is 46.0 Å².